The first-order valence-corrected chi connectivity index (χ1v) is 6.95. The highest BCUT2D eigenvalue weighted by Crippen LogP contribution is 2.05. The molecule has 1 aromatic heterocycles. The summed E-state index contributed by atoms with van der Waals surface area (Å²) in [6, 6.07) is 11.2. The van der Waals surface area contributed by atoms with Gasteiger partial charge in [0, 0.05) is 18.8 Å². The molecule has 0 bridgehead atoms. The Kier molecular flexibility index (Phi) is 4.74. The average Bonchev–Trinajstić information content (AvgIpc) is 2.84. The molecule has 0 unspecified atom stereocenters. The third-order valence-electron chi connectivity index (χ3n) is 3.17. The average molecular weight is 257 g/mol. The minimum atomic E-state index is 0.432. The van der Waals surface area contributed by atoms with E-state index in [4.69, 9.17) is 0 Å². The van der Waals surface area contributed by atoms with Gasteiger partial charge in [-0.15, -0.1) is 0 Å². The molecule has 0 atom stereocenters. The molecule has 1 heterocycles. The summed E-state index contributed by atoms with van der Waals surface area (Å²) in [5, 5.41) is 7.97. The van der Waals surface area contributed by atoms with Crippen molar-refractivity contribution in [2.75, 3.05) is 6.54 Å². The normalized spacial score (nSPS) is 11.2. The smallest absolute Gasteiger partial charge is 0.0762 e. The molecule has 0 amide bonds. The lowest BCUT2D eigenvalue weighted by molar-refractivity contribution is 0.521. The number of aryl methyl sites for hydroxylation is 1. The van der Waals surface area contributed by atoms with Crippen LogP contribution in [-0.2, 0) is 13.0 Å². The maximum atomic E-state index is 4.52. The van der Waals surface area contributed by atoms with Crippen molar-refractivity contribution in [2.24, 2.45) is 0 Å². The highest BCUT2D eigenvalue weighted by molar-refractivity contribution is 5.22. The van der Waals surface area contributed by atoms with Gasteiger partial charge in [0.15, 0.2) is 0 Å². The molecule has 19 heavy (non-hydrogen) atoms. The van der Waals surface area contributed by atoms with Crippen LogP contribution in [0.4, 0.5) is 0 Å². The number of rotatable bonds is 6. The monoisotopic (exact) mass is 257 g/mol. The summed E-state index contributed by atoms with van der Waals surface area (Å²) < 4.78 is 2.00. The topological polar surface area (TPSA) is 29.9 Å². The van der Waals surface area contributed by atoms with Crippen molar-refractivity contribution in [3.05, 3.63) is 53.3 Å². The maximum Gasteiger partial charge on any atom is 0.0762 e. The molecule has 0 radical (unpaired) electrons. The molecule has 0 aliphatic rings. The molecule has 0 aliphatic carbocycles. The molecule has 1 N–H and O–H groups in total. The van der Waals surface area contributed by atoms with Crippen LogP contribution in [0.25, 0.3) is 0 Å². The van der Waals surface area contributed by atoms with Gasteiger partial charge in [0.1, 0.15) is 0 Å². The highest BCUT2D eigenvalue weighted by atomic mass is 15.3. The molecular weight excluding hydrogens is 234 g/mol. The Labute approximate surface area is 115 Å². The van der Waals surface area contributed by atoms with Crippen LogP contribution < -0.4 is 5.32 Å². The lowest BCUT2D eigenvalue weighted by atomic mass is 10.1. The van der Waals surface area contributed by atoms with Gasteiger partial charge in [0.2, 0.25) is 0 Å². The van der Waals surface area contributed by atoms with Gasteiger partial charge in [0.25, 0.3) is 0 Å². The molecule has 0 saturated heterocycles. The maximum absolute atomic E-state index is 4.52. The lowest BCUT2D eigenvalue weighted by Crippen LogP contribution is -2.17. The van der Waals surface area contributed by atoms with E-state index >= 15 is 0 Å². The molecule has 0 spiro atoms. The van der Waals surface area contributed by atoms with Gasteiger partial charge >= 0.3 is 0 Å². The van der Waals surface area contributed by atoms with Crippen molar-refractivity contribution in [1.29, 1.82) is 0 Å². The van der Waals surface area contributed by atoms with Crippen molar-refractivity contribution in [3.63, 3.8) is 0 Å². The number of benzene rings is 1. The van der Waals surface area contributed by atoms with Gasteiger partial charge in [-0.05, 0) is 45.4 Å². The summed E-state index contributed by atoms with van der Waals surface area (Å²) >= 11 is 0. The van der Waals surface area contributed by atoms with Crippen molar-refractivity contribution in [2.45, 2.75) is 39.8 Å². The minimum Gasteiger partial charge on any atom is -0.311 e. The van der Waals surface area contributed by atoms with Gasteiger partial charge in [-0.1, -0.05) is 29.8 Å². The minimum absolute atomic E-state index is 0.432. The molecule has 3 heteroatoms. The van der Waals surface area contributed by atoms with E-state index in [2.05, 4.69) is 61.5 Å². The Morgan fingerprint density at radius 1 is 1.26 bits per heavy atom. The fraction of sp³-hybridized carbons (Fsp3) is 0.438. The lowest BCUT2D eigenvalue weighted by Gasteiger charge is -2.05. The second-order valence-electron chi connectivity index (χ2n) is 5.30. The first-order chi connectivity index (χ1) is 9.15. The second-order valence-corrected chi connectivity index (χ2v) is 5.30. The predicted octanol–water partition coefficient (Wildman–Crippen LogP) is 3.10. The Hall–Kier alpha value is -1.61. The van der Waals surface area contributed by atoms with E-state index in [9.17, 15) is 0 Å². The molecule has 0 fully saturated rings. The zero-order chi connectivity index (χ0) is 13.7. The number of nitrogens with zero attached hydrogens (tertiary/aromatic N) is 2. The first-order valence-electron chi connectivity index (χ1n) is 6.95. The van der Waals surface area contributed by atoms with Crippen LogP contribution in [-0.4, -0.2) is 16.3 Å². The van der Waals surface area contributed by atoms with Crippen molar-refractivity contribution in [3.8, 4) is 0 Å². The van der Waals surface area contributed by atoms with E-state index in [0.717, 1.165) is 25.2 Å². The summed E-state index contributed by atoms with van der Waals surface area (Å²) in [5.41, 5.74) is 3.83. The number of aromatic nitrogens is 2. The largest absolute Gasteiger partial charge is 0.311 e. The summed E-state index contributed by atoms with van der Waals surface area (Å²) in [4.78, 5) is 0. The van der Waals surface area contributed by atoms with Crippen LogP contribution in [0.2, 0.25) is 0 Å². The molecule has 2 aromatic rings. The van der Waals surface area contributed by atoms with Crippen molar-refractivity contribution >= 4 is 0 Å². The fourth-order valence-corrected chi connectivity index (χ4v) is 2.08. The van der Waals surface area contributed by atoms with Crippen LogP contribution in [0, 0.1) is 6.92 Å². The van der Waals surface area contributed by atoms with Crippen LogP contribution in [0.1, 0.15) is 36.7 Å². The summed E-state index contributed by atoms with van der Waals surface area (Å²) in [6.07, 6.45) is 3.11. The van der Waals surface area contributed by atoms with Gasteiger partial charge in [-0.2, -0.15) is 5.10 Å². The summed E-state index contributed by atoms with van der Waals surface area (Å²) in [7, 11) is 0. The Balaban J connectivity index is 1.74. The zero-order valence-electron chi connectivity index (χ0n) is 12.1. The highest BCUT2D eigenvalue weighted by Gasteiger charge is 2.01. The standard InChI is InChI=1S/C16H23N3/c1-13(2)19-10-8-16(18-19)12-17-9-7-15-6-4-5-14(3)11-15/h4-6,8,10-11,13,17H,7,9,12H2,1-3H3. The Morgan fingerprint density at radius 3 is 2.79 bits per heavy atom. The Morgan fingerprint density at radius 2 is 2.11 bits per heavy atom. The van der Waals surface area contributed by atoms with Crippen molar-refractivity contribution in [1.82, 2.24) is 15.1 Å². The van der Waals surface area contributed by atoms with Gasteiger partial charge < -0.3 is 5.32 Å². The van der Waals surface area contributed by atoms with Crippen LogP contribution >= 0.6 is 0 Å². The van der Waals surface area contributed by atoms with E-state index in [1.54, 1.807) is 0 Å². The zero-order valence-corrected chi connectivity index (χ0v) is 12.1. The predicted molar refractivity (Wildman–Crippen MR) is 79.2 cm³/mol. The van der Waals surface area contributed by atoms with Gasteiger partial charge in [-0.25, -0.2) is 0 Å². The molecule has 1 aromatic carbocycles. The molecule has 102 valence electrons. The van der Waals surface area contributed by atoms with E-state index in [0.29, 0.717) is 6.04 Å². The Bertz CT molecular complexity index is 514. The molecular formula is C16H23N3. The second kappa shape index (κ2) is 6.53. The van der Waals surface area contributed by atoms with Gasteiger partial charge in [0.05, 0.1) is 5.69 Å². The molecule has 3 nitrogen and oxygen atoms in total. The number of hydrogen-bond donors (Lipinski definition) is 1. The number of nitrogens with one attached hydrogen (secondary N) is 1. The van der Waals surface area contributed by atoms with E-state index < -0.39 is 0 Å². The molecule has 2 rings (SSSR count). The molecule has 0 aliphatic heterocycles. The van der Waals surface area contributed by atoms with Gasteiger partial charge in [-0.3, -0.25) is 4.68 Å². The van der Waals surface area contributed by atoms with E-state index in [1.165, 1.54) is 11.1 Å². The van der Waals surface area contributed by atoms with Crippen LogP contribution in [0.15, 0.2) is 36.5 Å². The quantitative estimate of drug-likeness (QED) is 0.806. The first kappa shape index (κ1) is 13.8. The number of hydrogen-bond acceptors (Lipinski definition) is 2. The van der Waals surface area contributed by atoms with E-state index in [1.807, 2.05) is 10.9 Å². The van der Waals surface area contributed by atoms with Crippen LogP contribution in [0.5, 0.6) is 0 Å². The SMILES string of the molecule is Cc1cccc(CCNCc2ccn(C(C)C)n2)c1. The van der Waals surface area contributed by atoms with Crippen molar-refractivity contribution < 1.29 is 0 Å². The summed E-state index contributed by atoms with van der Waals surface area (Å²) in [5.74, 6) is 0. The molecule has 0 saturated carbocycles. The van der Waals surface area contributed by atoms with E-state index in [-0.39, 0.29) is 0 Å². The third kappa shape index (κ3) is 4.21. The third-order valence-corrected chi connectivity index (χ3v) is 3.17. The fourth-order valence-electron chi connectivity index (χ4n) is 2.08. The van der Waals surface area contributed by atoms with Crippen LogP contribution in [0.3, 0.4) is 0 Å². The summed E-state index contributed by atoms with van der Waals surface area (Å²) in [6.45, 7) is 8.24.